The van der Waals surface area contributed by atoms with Gasteiger partial charge in [-0.05, 0) is 18.4 Å². The van der Waals surface area contributed by atoms with E-state index in [4.69, 9.17) is 9.47 Å². The lowest BCUT2D eigenvalue weighted by atomic mass is 10.1. The molecular formula is C21H29N5O5. The fourth-order valence-electron chi connectivity index (χ4n) is 2.81. The fraction of sp³-hybridized carbons (Fsp3) is 0.476. The van der Waals surface area contributed by atoms with E-state index in [1.807, 2.05) is 13.8 Å². The summed E-state index contributed by atoms with van der Waals surface area (Å²) in [6, 6.07) is 4.38. The molecule has 10 nitrogen and oxygen atoms in total. The third-order valence-electron chi connectivity index (χ3n) is 4.46. The Kier molecular flexibility index (Phi) is 8.98. The first-order chi connectivity index (χ1) is 14.8. The van der Waals surface area contributed by atoms with Crippen LogP contribution in [0.1, 0.15) is 63.6 Å². The molecule has 0 spiro atoms. The summed E-state index contributed by atoms with van der Waals surface area (Å²) in [5.74, 6) is 0.610. The quantitative estimate of drug-likeness (QED) is 0.223. The van der Waals surface area contributed by atoms with Crippen LogP contribution in [0.15, 0.2) is 28.1 Å². The average molecular weight is 431 g/mol. The lowest BCUT2D eigenvalue weighted by Gasteiger charge is -2.12. The Hall–Kier alpha value is -3.43. The number of H-pyrrole nitrogens is 1. The van der Waals surface area contributed by atoms with Crippen LogP contribution in [0.3, 0.4) is 0 Å². The first-order valence-electron chi connectivity index (χ1n) is 10.2. The lowest BCUT2D eigenvalue weighted by molar-refractivity contribution is -0.386. The summed E-state index contributed by atoms with van der Waals surface area (Å²) in [7, 11) is 1.42. The van der Waals surface area contributed by atoms with Crippen molar-refractivity contribution in [3.05, 3.63) is 49.9 Å². The van der Waals surface area contributed by atoms with E-state index in [0.29, 0.717) is 17.9 Å². The van der Waals surface area contributed by atoms with Gasteiger partial charge in [-0.2, -0.15) is 5.10 Å². The molecule has 0 atom stereocenters. The number of aromatic amines is 1. The molecule has 0 fully saturated rings. The number of nitrogens with one attached hydrogen (secondary N) is 2. The maximum absolute atomic E-state index is 11.7. The van der Waals surface area contributed by atoms with E-state index in [0.717, 1.165) is 25.7 Å². The number of hydrogen-bond donors (Lipinski definition) is 2. The molecule has 0 amide bonds. The molecule has 2 aromatic rings. The van der Waals surface area contributed by atoms with E-state index in [2.05, 4.69) is 27.4 Å². The molecule has 0 unspecified atom stereocenters. The summed E-state index contributed by atoms with van der Waals surface area (Å²) >= 11 is 0. The maximum Gasteiger partial charge on any atom is 0.315 e. The molecular weight excluding hydrogens is 402 g/mol. The molecule has 0 aliphatic heterocycles. The standard InChI is InChI=1S/C21H29N5O5/c1-5-6-7-8-9-31-20-17(26(28)29)10-15(11-18(20)30-4)13-22-25-21-23-16(14(2)3)12-19(27)24-21/h10-14H,5-9H2,1-4H3,(H2,23,24,25,27)/b22-13-. The first kappa shape index (κ1) is 23.8. The van der Waals surface area contributed by atoms with Crippen molar-refractivity contribution in [3.8, 4) is 11.5 Å². The topological polar surface area (TPSA) is 132 Å². The number of aromatic nitrogens is 2. The van der Waals surface area contributed by atoms with E-state index in [1.54, 1.807) is 6.07 Å². The van der Waals surface area contributed by atoms with Gasteiger partial charge in [0.15, 0.2) is 5.75 Å². The van der Waals surface area contributed by atoms with E-state index in [-0.39, 0.29) is 34.6 Å². The highest BCUT2D eigenvalue weighted by atomic mass is 16.6. The Morgan fingerprint density at radius 3 is 2.71 bits per heavy atom. The minimum absolute atomic E-state index is 0.0771. The number of hydrazone groups is 1. The molecule has 0 radical (unpaired) electrons. The molecule has 0 saturated carbocycles. The van der Waals surface area contributed by atoms with Crippen molar-refractivity contribution in [1.29, 1.82) is 0 Å². The molecule has 0 saturated heterocycles. The second kappa shape index (κ2) is 11.7. The van der Waals surface area contributed by atoms with Crippen LogP contribution in [0.25, 0.3) is 0 Å². The van der Waals surface area contributed by atoms with Crippen molar-refractivity contribution >= 4 is 17.9 Å². The number of hydrogen-bond acceptors (Lipinski definition) is 8. The number of ether oxygens (including phenoxy) is 2. The summed E-state index contributed by atoms with van der Waals surface area (Å²) < 4.78 is 11.0. The molecule has 0 aliphatic carbocycles. The Balaban J connectivity index is 2.20. The van der Waals surface area contributed by atoms with Crippen LogP contribution in [0.4, 0.5) is 11.6 Å². The van der Waals surface area contributed by atoms with Crippen LogP contribution in [0, 0.1) is 10.1 Å². The fourth-order valence-corrected chi connectivity index (χ4v) is 2.81. The molecule has 1 aromatic heterocycles. The molecule has 31 heavy (non-hydrogen) atoms. The Morgan fingerprint density at radius 2 is 2.06 bits per heavy atom. The number of unbranched alkanes of at least 4 members (excludes halogenated alkanes) is 3. The zero-order valence-electron chi connectivity index (χ0n) is 18.3. The van der Waals surface area contributed by atoms with Crippen LogP contribution in [0.5, 0.6) is 11.5 Å². The molecule has 0 bridgehead atoms. The van der Waals surface area contributed by atoms with E-state index < -0.39 is 4.92 Å². The maximum atomic E-state index is 11.7. The van der Waals surface area contributed by atoms with Gasteiger partial charge >= 0.3 is 5.69 Å². The second-order valence-electron chi connectivity index (χ2n) is 7.28. The third kappa shape index (κ3) is 7.09. The van der Waals surface area contributed by atoms with Crippen molar-refractivity contribution in [2.24, 2.45) is 5.10 Å². The molecule has 10 heteroatoms. The van der Waals surface area contributed by atoms with Gasteiger partial charge in [-0.1, -0.05) is 40.0 Å². The second-order valence-corrected chi connectivity index (χ2v) is 7.28. The number of methoxy groups -OCH3 is 1. The molecule has 0 aliphatic rings. The summed E-state index contributed by atoms with van der Waals surface area (Å²) in [5, 5.41) is 15.6. The number of benzene rings is 1. The van der Waals surface area contributed by atoms with Gasteiger partial charge in [-0.15, -0.1) is 0 Å². The predicted octanol–water partition coefficient (Wildman–Crippen LogP) is 4.22. The summed E-state index contributed by atoms with van der Waals surface area (Å²) in [5.41, 5.74) is 3.20. The van der Waals surface area contributed by atoms with Crippen molar-refractivity contribution in [1.82, 2.24) is 9.97 Å². The smallest absolute Gasteiger partial charge is 0.315 e. The number of rotatable bonds is 12. The van der Waals surface area contributed by atoms with Gasteiger partial charge in [0, 0.05) is 17.7 Å². The normalized spacial score (nSPS) is 11.1. The summed E-state index contributed by atoms with van der Waals surface area (Å²) in [6.45, 7) is 6.33. The molecule has 1 aromatic carbocycles. The average Bonchev–Trinajstić information content (AvgIpc) is 2.73. The van der Waals surface area contributed by atoms with Crippen LogP contribution in [-0.2, 0) is 0 Å². The minimum Gasteiger partial charge on any atom is -0.493 e. The Morgan fingerprint density at radius 1 is 1.29 bits per heavy atom. The van der Waals surface area contributed by atoms with Crippen molar-refractivity contribution < 1.29 is 14.4 Å². The van der Waals surface area contributed by atoms with Crippen molar-refractivity contribution in [2.45, 2.75) is 52.4 Å². The van der Waals surface area contributed by atoms with Crippen LogP contribution in [-0.4, -0.2) is 34.8 Å². The summed E-state index contributed by atoms with van der Waals surface area (Å²) in [6.07, 6.45) is 5.36. The molecule has 2 N–H and O–H groups in total. The van der Waals surface area contributed by atoms with Gasteiger partial charge in [0.2, 0.25) is 11.7 Å². The van der Waals surface area contributed by atoms with E-state index >= 15 is 0 Å². The van der Waals surface area contributed by atoms with E-state index in [1.165, 1.54) is 25.5 Å². The van der Waals surface area contributed by atoms with Gasteiger partial charge in [0.05, 0.1) is 30.5 Å². The largest absolute Gasteiger partial charge is 0.493 e. The third-order valence-corrected chi connectivity index (χ3v) is 4.46. The first-order valence-corrected chi connectivity index (χ1v) is 10.2. The monoisotopic (exact) mass is 431 g/mol. The van der Waals surface area contributed by atoms with Gasteiger partial charge in [0.1, 0.15) is 0 Å². The zero-order valence-corrected chi connectivity index (χ0v) is 18.3. The highest BCUT2D eigenvalue weighted by Gasteiger charge is 2.22. The van der Waals surface area contributed by atoms with Crippen molar-refractivity contribution in [2.75, 3.05) is 19.1 Å². The van der Waals surface area contributed by atoms with Crippen LogP contribution in [0.2, 0.25) is 0 Å². The highest BCUT2D eigenvalue weighted by molar-refractivity contribution is 5.83. The van der Waals surface area contributed by atoms with Gasteiger partial charge in [-0.25, -0.2) is 10.4 Å². The molecule has 168 valence electrons. The number of nitrogens with zero attached hydrogens (tertiary/aromatic N) is 3. The number of anilines is 1. The summed E-state index contributed by atoms with van der Waals surface area (Å²) in [4.78, 5) is 29.6. The highest BCUT2D eigenvalue weighted by Crippen LogP contribution is 2.38. The van der Waals surface area contributed by atoms with Crippen LogP contribution >= 0.6 is 0 Å². The lowest BCUT2D eigenvalue weighted by Crippen LogP contribution is -2.12. The Labute approximate surface area is 180 Å². The molecule has 2 rings (SSSR count). The predicted molar refractivity (Wildman–Crippen MR) is 119 cm³/mol. The van der Waals surface area contributed by atoms with Crippen molar-refractivity contribution in [3.63, 3.8) is 0 Å². The Bertz CT molecular complexity index is 971. The number of nitro groups is 1. The SMILES string of the molecule is CCCCCCOc1c(OC)cc(/C=N\Nc2nc(C(C)C)cc(=O)[nH]2)cc1[N+](=O)[O-]. The van der Waals surface area contributed by atoms with Crippen LogP contribution < -0.4 is 20.5 Å². The zero-order chi connectivity index (χ0) is 22.8. The van der Waals surface area contributed by atoms with E-state index in [9.17, 15) is 14.9 Å². The molecule has 1 heterocycles. The van der Waals surface area contributed by atoms with Gasteiger partial charge < -0.3 is 9.47 Å². The van der Waals surface area contributed by atoms with Gasteiger partial charge in [0.25, 0.3) is 5.56 Å². The van der Waals surface area contributed by atoms with Gasteiger partial charge in [-0.3, -0.25) is 19.9 Å². The number of nitro benzene ring substituents is 1. The minimum atomic E-state index is -0.514.